The Morgan fingerprint density at radius 3 is 2.33 bits per heavy atom. The van der Waals surface area contributed by atoms with Gasteiger partial charge < -0.3 is 18.6 Å². The van der Waals surface area contributed by atoms with Crippen LogP contribution in [0.4, 0.5) is 0 Å². The smallest absolute Gasteiger partial charge is 0.339 e. The molecule has 0 atom stereocenters. The maximum Gasteiger partial charge on any atom is 0.339 e. The van der Waals surface area contributed by atoms with Crippen LogP contribution in [-0.2, 0) is 26.2 Å². The molecule has 0 bridgehead atoms. The molecule has 2 aromatic carbocycles. The number of nitrogens with zero attached hydrogens (tertiary/aromatic N) is 1. The molecule has 0 unspecified atom stereocenters. The number of carbonyl (C=O) groups is 1. The molecule has 1 amide bonds. The number of benzene rings is 2. The Morgan fingerprint density at radius 2 is 1.74 bits per heavy atom. The minimum absolute atomic E-state index is 0.0270. The second-order valence-electron chi connectivity index (χ2n) is 5.79. The summed E-state index contributed by atoms with van der Waals surface area (Å²) < 4.78 is 40.1. The second kappa shape index (κ2) is 9.38. The molecule has 0 saturated heterocycles. The highest BCUT2D eigenvalue weighted by atomic mass is 32.2. The molecule has 0 radical (unpaired) electrons. The molecular weight excluding hydrogens is 370 g/mol. The van der Waals surface area contributed by atoms with Crippen molar-refractivity contribution in [2.75, 3.05) is 27.4 Å². The van der Waals surface area contributed by atoms with E-state index in [2.05, 4.69) is 0 Å². The van der Waals surface area contributed by atoms with Crippen LogP contribution in [0.5, 0.6) is 11.5 Å². The first-order valence-electron chi connectivity index (χ1n) is 8.27. The van der Waals surface area contributed by atoms with Gasteiger partial charge in [0.05, 0.1) is 13.7 Å². The van der Waals surface area contributed by atoms with Crippen LogP contribution in [0.25, 0.3) is 0 Å². The summed E-state index contributed by atoms with van der Waals surface area (Å²) in [6, 6.07) is 12.6. The Balaban J connectivity index is 2.15. The Morgan fingerprint density at radius 1 is 1.04 bits per heavy atom. The monoisotopic (exact) mass is 393 g/mol. The molecule has 0 saturated carbocycles. The summed E-state index contributed by atoms with van der Waals surface area (Å²) in [7, 11) is -0.901. The van der Waals surface area contributed by atoms with Crippen molar-refractivity contribution in [1.82, 2.24) is 4.90 Å². The lowest BCUT2D eigenvalue weighted by Gasteiger charge is -2.21. The van der Waals surface area contributed by atoms with Gasteiger partial charge in [-0.1, -0.05) is 12.1 Å². The topological polar surface area (TPSA) is 82.1 Å². The summed E-state index contributed by atoms with van der Waals surface area (Å²) in [6.07, 6.45) is 0. The third-order valence-electron chi connectivity index (χ3n) is 3.84. The van der Waals surface area contributed by atoms with Gasteiger partial charge >= 0.3 is 10.1 Å². The molecule has 0 aliphatic rings. The maximum absolute atomic E-state index is 12.4. The van der Waals surface area contributed by atoms with Crippen molar-refractivity contribution >= 4 is 16.0 Å². The predicted octanol–water partition coefficient (Wildman–Crippen LogP) is 2.46. The molecular formula is C19H23NO6S. The van der Waals surface area contributed by atoms with Gasteiger partial charge in [0.25, 0.3) is 0 Å². The van der Waals surface area contributed by atoms with E-state index in [9.17, 15) is 13.2 Å². The van der Waals surface area contributed by atoms with E-state index in [-0.39, 0.29) is 16.6 Å². The average Bonchev–Trinajstić information content (AvgIpc) is 2.65. The summed E-state index contributed by atoms with van der Waals surface area (Å²) in [5.74, 6) is 0.638. The first kappa shape index (κ1) is 20.7. The number of hydrogen-bond acceptors (Lipinski definition) is 6. The molecule has 0 heterocycles. The summed E-state index contributed by atoms with van der Waals surface area (Å²) in [5.41, 5.74) is 0.753. The summed E-state index contributed by atoms with van der Waals surface area (Å²) in [4.78, 5) is 13.4. The molecule has 0 aliphatic heterocycles. The van der Waals surface area contributed by atoms with E-state index >= 15 is 0 Å². The lowest BCUT2D eigenvalue weighted by Crippen LogP contribution is -2.31. The van der Waals surface area contributed by atoms with E-state index in [1.165, 1.54) is 26.2 Å². The number of carbonyl (C=O) groups excluding carboxylic acids is 1. The van der Waals surface area contributed by atoms with Gasteiger partial charge in [0.2, 0.25) is 5.91 Å². The third kappa shape index (κ3) is 5.97. The highest BCUT2D eigenvalue weighted by molar-refractivity contribution is 7.87. The minimum atomic E-state index is -3.97. The number of methoxy groups -OCH3 is 2. The number of rotatable bonds is 9. The lowest BCUT2D eigenvalue weighted by molar-refractivity contribution is -0.130. The van der Waals surface area contributed by atoms with Gasteiger partial charge in [-0.25, -0.2) is 0 Å². The van der Waals surface area contributed by atoms with Crippen molar-refractivity contribution in [3.63, 3.8) is 0 Å². The van der Waals surface area contributed by atoms with Crippen LogP contribution < -0.4 is 8.92 Å². The highest BCUT2D eigenvalue weighted by Gasteiger charge is 2.17. The van der Waals surface area contributed by atoms with E-state index in [1.807, 2.05) is 0 Å². The lowest BCUT2D eigenvalue weighted by atomic mass is 10.2. The fraction of sp³-hybridized carbons (Fsp3) is 0.316. The second-order valence-corrected chi connectivity index (χ2v) is 7.34. The predicted molar refractivity (Wildman–Crippen MR) is 100 cm³/mol. The molecule has 0 fully saturated rings. The van der Waals surface area contributed by atoms with E-state index in [0.29, 0.717) is 25.4 Å². The van der Waals surface area contributed by atoms with E-state index < -0.39 is 10.1 Å². The van der Waals surface area contributed by atoms with Crippen molar-refractivity contribution in [3.8, 4) is 11.5 Å². The van der Waals surface area contributed by atoms with Crippen LogP contribution in [0.15, 0.2) is 53.4 Å². The summed E-state index contributed by atoms with van der Waals surface area (Å²) in [6.45, 7) is 2.67. The number of ether oxygens (including phenoxy) is 2. The van der Waals surface area contributed by atoms with Gasteiger partial charge in [-0.3, -0.25) is 4.79 Å². The molecule has 0 spiro atoms. The first-order chi connectivity index (χ1) is 12.9. The Kier molecular flexibility index (Phi) is 7.20. The van der Waals surface area contributed by atoms with E-state index in [4.69, 9.17) is 13.7 Å². The Bertz CT molecular complexity index is 864. The zero-order valence-electron chi connectivity index (χ0n) is 15.5. The molecule has 0 N–H and O–H groups in total. The number of hydrogen-bond donors (Lipinski definition) is 0. The zero-order chi connectivity index (χ0) is 19.9. The van der Waals surface area contributed by atoms with Gasteiger partial charge in [-0.05, 0) is 42.0 Å². The summed E-state index contributed by atoms with van der Waals surface area (Å²) >= 11 is 0. The Hall–Kier alpha value is -2.58. The van der Waals surface area contributed by atoms with Crippen LogP contribution in [0.1, 0.15) is 12.5 Å². The van der Waals surface area contributed by atoms with Gasteiger partial charge in [-0.15, -0.1) is 0 Å². The molecule has 0 aliphatic carbocycles. The molecule has 27 heavy (non-hydrogen) atoms. The van der Waals surface area contributed by atoms with Gasteiger partial charge in [0, 0.05) is 27.1 Å². The largest absolute Gasteiger partial charge is 0.497 e. The van der Waals surface area contributed by atoms with Crippen LogP contribution >= 0.6 is 0 Å². The average molecular weight is 393 g/mol. The van der Waals surface area contributed by atoms with Crippen molar-refractivity contribution in [2.45, 2.75) is 18.4 Å². The molecule has 146 valence electrons. The van der Waals surface area contributed by atoms with Crippen molar-refractivity contribution in [1.29, 1.82) is 0 Å². The fourth-order valence-corrected chi connectivity index (χ4v) is 3.31. The third-order valence-corrected chi connectivity index (χ3v) is 5.10. The quantitative estimate of drug-likeness (QED) is 0.609. The van der Waals surface area contributed by atoms with Crippen LogP contribution in [0.3, 0.4) is 0 Å². The maximum atomic E-state index is 12.4. The standard InChI is InChI=1S/C19H23NO6S/c1-15(21)20(11-12-24-2)14-16-5-4-6-18(13-16)26-27(22,23)19-9-7-17(25-3)8-10-19/h4-10,13H,11-12,14H2,1-3H3. The molecule has 7 nitrogen and oxygen atoms in total. The zero-order valence-corrected chi connectivity index (χ0v) is 16.4. The molecule has 2 aromatic rings. The molecule has 0 aromatic heterocycles. The van der Waals surface area contributed by atoms with Crippen LogP contribution in [0.2, 0.25) is 0 Å². The number of amides is 1. The summed E-state index contributed by atoms with van der Waals surface area (Å²) in [5, 5.41) is 0. The van der Waals surface area contributed by atoms with Crippen molar-refractivity contribution in [2.24, 2.45) is 0 Å². The van der Waals surface area contributed by atoms with Crippen LogP contribution in [-0.4, -0.2) is 46.6 Å². The minimum Gasteiger partial charge on any atom is -0.497 e. The van der Waals surface area contributed by atoms with E-state index in [1.54, 1.807) is 48.4 Å². The van der Waals surface area contributed by atoms with Crippen molar-refractivity contribution in [3.05, 3.63) is 54.1 Å². The molecule has 2 rings (SSSR count). The van der Waals surface area contributed by atoms with Crippen molar-refractivity contribution < 1.29 is 26.9 Å². The van der Waals surface area contributed by atoms with E-state index in [0.717, 1.165) is 5.56 Å². The van der Waals surface area contributed by atoms with Crippen LogP contribution in [0, 0.1) is 0 Å². The molecule has 8 heteroatoms. The fourth-order valence-electron chi connectivity index (χ4n) is 2.38. The van der Waals surface area contributed by atoms with Gasteiger partial charge in [0.1, 0.15) is 16.4 Å². The first-order valence-corrected chi connectivity index (χ1v) is 9.68. The SMILES string of the molecule is COCCN(Cc1cccc(OS(=O)(=O)c2ccc(OC)cc2)c1)C(C)=O. The normalized spacial score (nSPS) is 11.1. The van der Waals surface area contributed by atoms with Gasteiger partial charge in [0.15, 0.2) is 0 Å². The Labute approximate surface area is 159 Å². The van der Waals surface area contributed by atoms with Gasteiger partial charge in [-0.2, -0.15) is 8.42 Å². The highest BCUT2D eigenvalue weighted by Crippen LogP contribution is 2.22.